The molecule has 0 aliphatic carbocycles. The minimum atomic E-state index is -0.227. The highest BCUT2D eigenvalue weighted by atomic mass is 32.1. The van der Waals surface area contributed by atoms with Gasteiger partial charge in [-0.25, -0.2) is 0 Å². The number of thiophene rings is 1. The van der Waals surface area contributed by atoms with Crippen molar-refractivity contribution < 1.29 is 19.1 Å². The lowest BCUT2D eigenvalue weighted by molar-refractivity contribution is -0.144. The number of rotatable bonds is 18. The molecule has 8 heteroatoms. The van der Waals surface area contributed by atoms with Crippen LogP contribution in [0.15, 0.2) is 47.8 Å². The van der Waals surface area contributed by atoms with E-state index in [1.165, 1.54) is 54.3 Å². The maximum Gasteiger partial charge on any atom is 0.307 e. The average molecular weight is 634 g/mol. The van der Waals surface area contributed by atoms with E-state index in [0.29, 0.717) is 25.9 Å². The quantitative estimate of drug-likeness (QED) is 0.104. The molecule has 2 aromatic carbocycles. The molecular weight excluding hydrogens is 582 g/mol. The van der Waals surface area contributed by atoms with Gasteiger partial charge in [0.1, 0.15) is 5.75 Å². The molecule has 3 aromatic rings. The number of carbonyl (C=O) groups excluding carboxylic acids is 2. The lowest BCUT2D eigenvalue weighted by Gasteiger charge is -2.36. The van der Waals surface area contributed by atoms with Crippen molar-refractivity contribution in [3.63, 3.8) is 0 Å². The maximum atomic E-state index is 12.8. The summed E-state index contributed by atoms with van der Waals surface area (Å²) in [4.78, 5) is 31.9. The molecule has 2 aliphatic rings. The molecular formula is C37H51N3O4S. The smallest absolute Gasteiger partial charge is 0.307 e. The summed E-state index contributed by atoms with van der Waals surface area (Å²) in [6.45, 7) is 8.21. The summed E-state index contributed by atoms with van der Waals surface area (Å²) < 4.78 is 13.0. The summed E-state index contributed by atoms with van der Waals surface area (Å²) in [6.07, 6.45) is 13.1. The summed E-state index contributed by atoms with van der Waals surface area (Å²) in [5, 5.41) is 3.56. The Bertz CT molecular complexity index is 1370. The van der Waals surface area contributed by atoms with Crippen LogP contribution in [0.3, 0.4) is 0 Å². The lowest BCUT2D eigenvalue weighted by atomic mass is 10.0. The average Bonchev–Trinajstić information content (AvgIpc) is 3.55. The highest BCUT2D eigenvalue weighted by Crippen LogP contribution is 2.33. The fraction of sp³-hybridized carbons (Fsp3) is 0.568. The number of piperazine rings is 1. The Labute approximate surface area is 273 Å². The van der Waals surface area contributed by atoms with Crippen LogP contribution >= 0.6 is 11.3 Å². The van der Waals surface area contributed by atoms with Gasteiger partial charge in [0.05, 0.1) is 12.3 Å². The number of anilines is 2. The highest BCUT2D eigenvalue weighted by molar-refractivity contribution is 7.17. The first-order chi connectivity index (χ1) is 22.1. The van der Waals surface area contributed by atoms with Crippen molar-refractivity contribution in [2.45, 2.75) is 90.4 Å². The van der Waals surface area contributed by atoms with E-state index in [4.69, 9.17) is 9.47 Å². The lowest BCUT2D eigenvalue weighted by Crippen LogP contribution is -2.46. The Balaban J connectivity index is 0.989. The molecule has 1 fully saturated rings. The van der Waals surface area contributed by atoms with Crippen LogP contribution in [0, 0.1) is 0 Å². The largest absolute Gasteiger partial charge is 0.494 e. The van der Waals surface area contributed by atoms with Crippen molar-refractivity contribution >= 4 is 44.7 Å². The predicted octanol–water partition coefficient (Wildman–Crippen LogP) is 8.19. The van der Waals surface area contributed by atoms with Crippen LogP contribution < -0.4 is 14.5 Å². The summed E-state index contributed by atoms with van der Waals surface area (Å²) >= 11 is 1.81. The van der Waals surface area contributed by atoms with Crippen molar-refractivity contribution in [2.24, 2.45) is 0 Å². The first-order valence-electron chi connectivity index (χ1n) is 17.3. The van der Waals surface area contributed by atoms with E-state index in [1.807, 2.05) is 29.5 Å². The summed E-state index contributed by atoms with van der Waals surface area (Å²) in [6, 6.07) is 14.9. The molecule has 0 unspecified atom stereocenters. The Morgan fingerprint density at radius 3 is 2.47 bits per heavy atom. The van der Waals surface area contributed by atoms with Crippen LogP contribution in [0.5, 0.6) is 5.75 Å². The molecule has 0 spiro atoms. The van der Waals surface area contributed by atoms with Gasteiger partial charge < -0.3 is 14.4 Å². The van der Waals surface area contributed by atoms with Gasteiger partial charge in [-0.1, -0.05) is 64.0 Å². The highest BCUT2D eigenvalue weighted by Gasteiger charge is 2.26. The van der Waals surface area contributed by atoms with Crippen molar-refractivity contribution in [3.8, 4) is 5.75 Å². The Hall–Kier alpha value is -3.10. The van der Waals surface area contributed by atoms with Gasteiger partial charge in [0.25, 0.3) is 0 Å². The van der Waals surface area contributed by atoms with Gasteiger partial charge in [-0.15, -0.1) is 11.3 Å². The second-order valence-corrected chi connectivity index (χ2v) is 13.4. The second-order valence-electron chi connectivity index (χ2n) is 12.5. The SMILES string of the molecule is CCCCCCCCCCC(=O)OCN1C(=O)CCc2ccc(OCCCCN3CCN(c4cccc5sccc45)CC3)cc21. The Morgan fingerprint density at radius 2 is 1.64 bits per heavy atom. The van der Waals surface area contributed by atoms with Crippen LogP contribution in [0.4, 0.5) is 11.4 Å². The first-order valence-corrected chi connectivity index (χ1v) is 18.2. The van der Waals surface area contributed by atoms with Crippen LogP contribution in [-0.2, 0) is 20.7 Å². The third-order valence-corrected chi connectivity index (χ3v) is 10.1. The van der Waals surface area contributed by atoms with Crippen molar-refractivity contribution in [1.82, 2.24) is 4.90 Å². The molecule has 3 heterocycles. The molecule has 0 N–H and O–H groups in total. The zero-order valence-corrected chi connectivity index (χ0v) is 28.0. The molecule has 1 amide bonds. The zero-order chi connectivity index (χ0) is 31.3. The molecule has 0 bridgehead atoms. The van der Waals surface area contributed by atoms with E-state index < -0.39 is 0 Å². The van der Waals surface area contributed by atoms with Crippen LogP contribution in [0.2, 0.25) is 0 Å². The third kappa shape index (κ3) is 9.69. The number of hydrogen-bond donors (Lipinski definition) is 0. The van der Waals surface area contributed by atoms with E-state index in [9.17, 15) is 9.59 Å². The number of nitrogens with zero attached hydrogens (tertiary/aromatic N) is 3. The van der Waals surface area contributed by atoms with Gasteiger partial charge in [-0.2, -0.15) is 0 Å². The van der Waals surface area contributed by atoms with Gasteiger partial charge >= 0.3 is 5.97 Å². The fourth-order valence-electron chi connectivity index (χ4n) is 6.45. The molecule has 0 radical (unpaired) electrons. The molecule has 2 aliphatic heterocycles. The Kier molecular flexibility index (Phi) is 13.0. The third-order valence-electron chi connectivity index (χ3n) is 9.17. The number of ether oxygens (including phenoxy) is 2. The molecule has 5 rings (SSSR count). The maximum absolute atomic E-state index is 12.8. The number of benzene rings is 2. The molecule has 45 heavy (non-hydrogen) atoms. The van der Waals surface area contributed by atoms with E-state index in [2.05, 4.69) is 46.4 Å². The summed E-state index contributed by atoms with van der Waals surface area (Å²) in [5.74, 6) is 0.524. The van der Waals surface area contributed by atoms with Crippen molar-refractivity contribution in [1.29, 1.82) is 0 Å². The molecule has 0 atom stereocenters. The van der Waals surface area contributed by atoms with Gasteiger partial charge in [-0.05, 0) is 67.4 Å². The predicted molar refractivity (Wildman–Crippen MR) is 186 cm³/mol. The summed E-state index contributed by atoms with van der Waals surface area (Å²) in [7, 11) is 0. The van der Waals surface area contributed by atoms with Crippen molar-refractivity contribution in [3.05, 3.63) is 53.4 Å². The van der Waals surface area contributed by atoms with E-state index in [0.717, 1.165) is 75.4 Å². The monoisotopic (exact) mass is 633 g/mol. The molecule has 1 aromatic heterocycles. The number of aryl methyl sites for hydroxylation is 1. The molecule has 1 saturated heterocycles. The zero-order valence-electron chi connectivity index (χ0n) is 27.1. The molecule has 7 nitrogen and oxygen atoms in total. The number of esters is 1. The van der Waals surface area contributed by atoms with Crippen LogP contribution in [0.25, 0.3) is 10.1 Å². The standard InChI is InChI=1S/C37H51N3O4S/c1-2-3-4-5-6-7-8-9-15-37(42)44-29-40-34-28-31(18-16-30(34)17-19-36(40)41)43-26-11-10-21-38-22-24-39(25-23-38)33-13-12-14-35-32(33)20-27-45-35/h12-14,16,18,20,27-28H,2-11,15,17,19,21-26,29H2,1H3. The van der Waals surface area contributed by atoms with Gasteiger partial charge in [-0.3, -0.25) is 19.4 Å². The van der Waals surface area contributed by atoms with Crippen molar-refractivity contribution in [2.75, 3.05) is 55.9 Å². The van der Waals surface area contributed by atoms with Crippen LogP contribution in [-0.4, -0.2) is 62.8 Å². The van der Waals surface area contributed by atoms with E-state index in [-0.39, 0.29) is 18.6 Å². The topological polar surface area (TPSA) is 62.3 Å². The van der Waals surface area contributed by atoms with Gasteiger partial charge in [0, 0.05) is 60.9 Å². The van der Waals surface area contributed by atoms with Gasteiger partial charge in [0.2, 0.25) is 5.91 Å². The van der Waals surface area contributed by atoms with E-state index in [1.54, 1.807) is 4.90 Å². The number of fused-ring (bicyclic) bond motifs is 2. The van der Waals surface area contributed by atoms with E-state index >= 15 is 0 Å². The first kappa shape index (κ1) is 33.3. The Morgan fingerprint density at radius 1 is 0.844 bits per heavy atom. The molecule has 244 valence electrons. The van der Waals surface area contributed by atoms with Gasteiger partial charge in [0.15, 0.2) is 6.73 Å². The second kappa shape index (κ2) is 17.6. The normalized spacial score (nSPS) is 15.4. The molecule has 0 saturated carbocycles. The number of unbranched alkanes of at least 4 members (excludes halogenated alkanes) is 8. The number of amides is 1. The number of carbonyl (C=O) groups is 2. The minimum Gasteiger partial charge on any atom is -0.494 e. The number of hydrogen-bond acceptors (Lipinski definition) is 7. The summed E-state index contributed by atoms with van der Waals surface area (Å²) in [5.41, 5.74) is 3.26. The van der Waals surface area contributed by atoms with Crippen LogP contribution in [0.1, 0.15) is 89.5 Å². The minimum absolute atomic E-state index is 0.00775. The fourth-order valence-corrected chi connectivity index (χ4v) is 7.26.